The number of carbonyl (C=O) groups excluding carboxylic acids is 1. The third-order valence-electron chi connectivity index (χ3n) is 4.74. The molecule has 0 unspecified atom stereocenters. The highest BCUT2D eigenvalue weighted by Crippen LogP contribution is 2.23. The van der Waals surface area contributed by atoms with Crippen molar-refractivity contribution in [2.24, 2.45) is 0 Å². The summed E-state index contributed by atoms with van der Waals surface area (Å²) in [7, 11) is 0. The molecule has 7 nitrogen and oxygen atoms in total. The van der Waals surface area contributed by atoms with Crippen molar-refractivity contribution in [1.29, 1.82) is 0 Å². The van der Waals surface area contributed by atoms with Crippen LogP contribution in [0.15, 0.2) is 34.9 Å². The minimum Gasteiger partial charge on any atom is -0.445 e. The number of aliphatic hydroxyl groups excluding tert-OH is 1. The first kappa shape index (κ1) is 20.5. The molecule has 150 valence electrons. The number of aryl methyl sites for hydroxylation is 2. The lowest BCUT2D eigenvalue weighted by atomic mass is 10.2. The molecule has 0 spiro atoms. The zero-order valence-electron chi connectivity index (χ0n) is 16.1. The quantitative estimate of drug-likeness (QED) is 0.705. The van der Waals surface area contributed by atoms with Crippen LogP contribution in [0.2, 0.25) is 0 Å². The van der Waals surface area contributed by atoms with E-state index in [1.165, 1.54) is 4.90 Å². The average Bonchev–Trinajstić information content (AvgIpc) is 3.08. The summed E-state index contributed by atoms with van der Waals surface area (Å²) in [5.74, 6) is 0.658. The normalized spacial score (nSPS) is 18.9. The smallest absolute Gasteiger partial charge is 0.410 e. The Morgan fingerprint density at radius 1 is 1.21 bits per heavy atom. The molecular weight excluding hydrogens is 424 g/mol. The van der Waals surface area contributed by atoms with Crippen LogP contribution in [-0.2, 0) is 24.2 Å². The van der Waals surface area contributed by atoms with Gasteiger partial charge in [-0.15, -0.1) is 0 Å². The van der Waals surface area contributed by atoms with E-state index in [-0.39, 0.29) is 19.2 Å². The molecule has 1 aliphatic heterocycles. The molecule has 28 heavy (non-hydrogen) atoms. The van der Waals surface area contributed by atoms with E-state index in [1.807, 2.05) is 44.2 Å². The number of nitrogens with zero attached hydrogens (tertiary/aromatic N) is 3. The third-order valence-corrected chi connectivity index (χ3v) is 5.37. The molecule has 2 N–H and O–H groups in total. The molecule has 0 aliphatic carbocycles. The fraction of sp³-hybridized carbons (Fsp3) is 0.450. The van der Waals surface area contributed by atoms with Crippen LogP contribution in [-0.4, -0.2) is 51.3 Å². The van der Waals surface area contributed by atoms with Gasteiger partial charge in [0.2, 0.25) is 0 Å². The summed E-state index contributed by atoms with van der Waals surface area (Å²) in [5.41, 5.74) is 2.60. The van der Waals surface area contributed by atoms with Gasteiger partial charge in [0.25, 0.3) is 0 Å². The molecule has 1 aromatic heterocycles. The van der Waals surface area contributed by atoms with E-state index in [0.29, 0.717) is 18.8 Å². The van der Waals surface area contributed by atoms with Crippen molar-refractivity contribution in [2.75, 3.05) is 18.4 Å². The first-order chi connectivity index (χ1) is 13.5. The summed E-state index contributed by atoms with van der Waals surface area (Å²) in [5, 5.41) is 13.7. The van der Waals surface area contributed by atoms with Crippen LogP contribution < -0.4 is 5.32 Å². The number of hydrogen-bond acceptors (Lipinski definition) is 6. The van der Waals surface area contributed by atoms with E-state index in [0.717, 1.165) is 28.0 Å². The van der Waals surface area contributed by atoms with Crippen LogP contribution in [0.5, 0.6) is 0 Å². The predicted molar refractivity (Wildman–Crippen MR) is 110 cm³/mol. The Bertz CT molecular complexity index is 819. The van der Waals surface area contributed by atoms with Crippen molar-refractivity contribution < 1.29 is 14.6 Å². The largest absolute Gasteiger partial charge is 0.445 e. The van der Waals surface area contributed by atoms with E-state index in [1.54, 1.807) is 0 Å². The number of hydrogen-bond donors (Lipinski definition) is 2. The summed E-state index contributed by atoms with van der Waals surface area (Å²) in [6.07, 6.45) is 0.324. The van der Waals surface area contributed by atoms with Crippen LogP contribution in [0.3, 0.4) is 0 Å². The van der Waals surface area contributed by atoms with Crippen LogP contribution in [0, 0.1) is 0 Å². The third kappa shape index (κ3) is 4.80. The maximum atomic E-state index is 12.4. The number of β-amino-alcohol motifs (C(OH)–C–C–N with tert-alkyl or cyclic N) is 1. The Kier molecular flexibility index (Phi) is 6.85. The summed E-state index contributed by atoms with van der Waals surface area (Å²) >= 11 is 3.45. The van der Waals surface area contributed by atoms with Crippen LogP contribution in [0.25, 0.3) is 0 Å². The molecule has 1 amide bonds. The Balaban J connectivity index is 1.63. The molecule has 1 fully saturated rings. The van der Waals surface area contributed by atoms with Crippen LogP contribution >= 0.6 is 15.9 Å². The molecule has 1 saturated heterocycles. The molecule has 2 heterocycles. The molecular formula is C20H25BrN4O3. The Morgan fingerprint density at radius 2 is 1.93 bits per heavy atom. The monoisotopic (exact) mass is 448 g/mol. The highest BCUT2D eigenvalue weighted by atomic mass is 79.9. The molecule has 1 aliphatic rings. The molecule has 2 aromatic rings. The van der Waals surface area contributed by atoms with E-state index in [4.69, 9.17) is 4.74 Å². The lowest BCUT2D eigenvalue weighted by Gasteiger charge is -2.19. The predicted octanol–water partition coefficient (Wildman–Crippen LogP) is 3.16. The lowest BCUT2D eigenvalue weighted by Crippen LogP contribution is -2.34. The second kappa shape index (κ2) is 9.34. The highest BCUT2D eigenvalue weighted by Gasteiger charge is 2.35. The highest BCUT2D eigenvalue weighted by molar-refractivity contribution is 9.10. The minimum absolute atomic E-state index is 0.211. The number of aliphatic hydroxyl groups is 1. The first-order valence-electron chi connectivity index (χ1n) is 9.47. The van der Waals surface area contributed by atoms with Crippen molar-refractivity contribution >= 4 is 27.8 Å². The van der Waals surface area contributed by atoms with Crippen molar-refractivity contribution in [2.45, 2.75) is 45.4 Å². The van der Waals surface area contributed by atoms with Crippen LogP contribution in [0.4, 0.5) is 10.6 Å². The van der Waals surface area contributed by atoms with Gasteiger partial charge in [-0.2, -0.15) is 0 Å². The number of anilines is 1. The fourth-order valence-corrected chi connectivity index (χ4v) is 3.72. The number of aromatic nitrogens is 2. The number of halogens is 1. The zero-order valence-corrected chi connectivity index (χ0v) is 17.6. The van der Waals surface area contributed by atoms with Gasteiger partial charge in [0.05, 0.1) is 30.1 Å². The van der Waals surface area contributed by atoms with Gasteiger partial charge in [0.15, 0.2) is 0 Å². The number of likely N-dealkylation sites (tertiary alicyclic amines) is 1. The lowest BCUT2D eigenvalue weighted by molar-refractivity contribution is 0.0971. The molecule has 2 atom stereocenters. The molecule has 0 bridgehead atoms. The topological polar surface area (TPSA) is 87.6 Å². The zero-order chi connectivity index (χ0) is 20.1. The summed E-state index contributed by atoms with van der Waals surface area (Å²) in [4.78, 5) is 23.1. The summed E-state index contributed by atoms with van der Waals surface area (Å²) < 4.78 is 6.12. The second-order valence-electron chi connectivity index (χ2n) is 6.73. The maximum Gasteiger partial charge on any atom is 0.410 e. The van der Waals surface area contributed by atoms with Gasteiger partial charge in [0.1, 0.15) is 17.0 Å². The van der Waals surface area contributed by atoms with Gasteiger partial charge in [-0.1, -0.05) is 44.2 Å². The summed E-state index contributed by atoms with van der Waals surface area (Å²) in [6.45, 7) is 4.79. The molecule has 8 heteroatoms. The number of benzene rings is 1. The van der Waals surface area contributed by atoms with Gasteiger partial charge in [-0.05, 0) is 34.3 Å². The van der Waals surface area contributed by atoms with Crippen LogP contribution in [0.1, 0.15) is 30.8 Å². The Hall–Kier alpha value is -2.19. The van der Waals surface area contributed by atoms with Gasteiger partial charge in [-0.3, -0.25) is 0 Å². The molecule has 3 rings (SSSR count). The minimum atomic E-state index is -0.704. The van der Waals surface area contributed by atoms with Gasteiger partial charge in [-0.25, -0.2) is 14.8 Å². The van der Waals surface area contributed by atoms with E-state index < -0.39 is 12.2 Å². The van der Waals surface area contributed by atoms with Gasteiger partial charge < -0.3 is 20.1 Å². The standard InChI is InChI=1S/C20H25BrN4O3/c1-3-14-18(21)22-15(4-2)19(23-14)24-16-10-25(11-17(16)26)20(27)28-12-13-8-6-5-7-9-13/h5-9,16-17,26H,3-4,10-12H2,1-2H3,(H,23,24)/t16-,17-/m0/s1. The first-order valence-corrected chi connectivity index (χ1v) is 10.3. The number of rotatable bonds is 6. The average molecular weight is 449 g/mol. The van der Waals surface area contributed by atoms with E-state index in [2.05, 4.69) is 31.2 Å². The van der Waals surface area contributed by atoms with E-state index >= 15 is 0 Å². The number of ether oxygens (including phenoxy) is 1. The molecule has 1 aromatic carbocycles. The fourth-order valence-electron chi connectivity index (χ4n) is 3.13. The second-order valence-corrected chi connectivity index (χ2v) is 7.48. The molecule has 0 radical (unpaired) electrons. The van der Waals surface area contributed by atoms with Gasteiger partial charge >= 0.3 is 6.09 Å². The van der Waals surface area contributed by atoms with Crippen molar-refractivity contribution in [3.8, 4) is 0 Å². The summed E-state index contributed by atoms with van der Waals surface area (Å²) in [6, 6.07) is 9.20. The van der Waals surface area contributed by atoms with Gasteiger partial charge in [0, 0.05) is 6.54 Å². The number of amides is 1. The Morgan fingerprint density at radius 3 is 2.61 bits per heavy atom. The van der Waals surface area contributed by atoms with Crippen molar-refractivity contribution in [3.63, 3.8) is 0 Å². The van der Waals surface area contributed by atoms with Crippen molar-refractivity contribution in [1.82, 2.24) is 14.9 Å². The maximum absolute atomic E-state index is 12.4. The van der Waals surface area contributed by atoms with E-state index in [9.17, 15) is 9.90 Å². The number of carbonyl (C=O) groups is 1. The molecule has 0 saturated carbocycles. The van der Waals surface area contributed by atoms with Crippen molar-refractivity contribution in [3.05, 3.63) is 51.9 Å². The Labute approximate surface area is 173 Å². The number of nitrogens with one attached hydrogen (secondary N) is 1. The SMILES string of the molecule is CCc1nc(N[C@H]2CN(C(=O)OCc3ccccc3)C[C@@H]2O)c(CC)nc1Br.